The monoisotopic (exact) mass is 422 g/mol. The standard InChI is InChI=1S/C21H27FN2O2S2/c1-21(2,3)28(26)15-16-6-4-7-18(14-16)24-20(25)23-12-5-13-27-19-10-8-17(22)9-11-19/h4,6-11,14H,5,12-13,15H2,1-3H3,(H2,23,24,25). The topological polar surface area (TPSA) is 58.2 Å². The second-order valence-electron chi connectivity index (χ2n) is 7.34. The third-order valence-corrected chi connectivity index (χ3v) is 6.91. The number of hydrogen-bond acceptors (Lipinski definition) is 3. The molecule has 28 heavy (non-hydrogen) atoms. The van der Waals surface area contributed by atoms with Crippen molar-refractivity contribution in [3.05, 3.63) is 59.9 Å². The van der Waals surface area contributed by atoms with Gasteiger partial charge in [-0.05, 0) is 74.9 Å². The average molecular weight is 423 g/mol. The van der Waals surface area contributed by atoms with Crippen molar-refractivity contribution in [3.63, 3.8) is 0 Å². The summed E-state index contributed by atoms with van der Waals surface area (Å²) in [4.78, 5) is 13.1. The van der Waals surface area contributed by atoms with Gasteiger partial charge in [0.2, 0.25) is 0 Å². The third kappa shape index (κ3) is 8.02. The Hall–Kier alpha value is -1.86. The summed E-state index contributed by atoms with van der Waals surface area (Å²) in [7, 11) is -0.985. The van der Waals surface area contributed by atoms with Gasteiger partial charge >= 0.3 is 6.03 Å². The zero-order chi connectivity index (χ0) is 20.6. The number of amides is 2. The normalized spacial score (nSPS) is 12.4. The number of carbonyl (C=O) groups is 1. The van der Waals surface area contributed by atoms with E-state index in [0.29, 0.717) is 18.0 Å². The Kier molecular flexibility index (Phi) is 8.51. The second kappa shape index (κ2) is 10.6. The fraction of sp³-hybridized carbons (Fsp3) is 0.381. The molecular weight excluding hydrogens is 395 g/mol. The quantitative estimate of drug-likeness (QED) is 0.455. The first-order chi connectivity index (χ1) is 13.2. The largest absolute Gasteiger partial charge is 0.338 e. The van der Waals surface area contributed by atoms with E-state index in [1.165, 1.54) is 12.1 Å². The van der Waals surface area contributed by atoms with Crippen LogP contribution >= 0.6 is 11.8 Å². The number of hydrogen-bond donors (Lipinski definition) is 2. The number of urea groups is 1. The number of benzene rings is 2. The zero-order valence-electron chi connectivity index (χ0n) is 16.5. The van der Waals surface area contributed by atoms with Crippen LogP contribution in [-0.2, 0) is 16.6 Å². The first kappa shape index (κ1) is 22.4. The predicted octanol–water partition coefficient (Wildman–Crippen LogP) is 5.18. The van der Waals surface area contributed by atoms with Gasteiger partial charge in [0.25, 0.3) is 0 Å². The molecule has 2 N–H and O–H groups in total. The maximum absolute atomic E-state index is 12.9. The maximum Gasteiger partial charge on any atom is 0.319 e. The molecule has 2 rings (SSSR count). The average Bonchev–Trinajstić information content (AvgIpc) is 2.62. The van der Waals surface area contributed by atoms with Crippen molar-refractivity contribution in [1.82, 2.24) is 5.32 Å². The minimum Gasteiger partial charge on any atom is -0.338 e. The van der Waals surface area contributed by atoms with E-state index in [9.17, 15) is 13.4 Å². The maximum atomic E-state index is 12.9. The van der Waals surface area contributed by atoms with Crippen LogP contribution in [0.25, 0.3) is 0 Å². The van der Waals surface area contributed by atoms with Crippen LogP contribution in [0, 0.1) is 5.82 Å². The fourth-order valence-corrected chi connectivity index (χ4v) is 4.05. The second-order valence-corrected chi connectivity index (χ2v) is 10.7. The molecule has 1 unspecified atom stereocenters. The summed E-state index contributed by atoms with van der Waals surface area (Å²) in [5.74, 6) is 1.05. The molecule has 2 amide bonds. The minimum atomic E-state index is -0.985. The van der Waals surface area contributed by atoms with Crippen molar-refractivity contribution >= 4 is 34.3 Å². The molecule has 7 heteroatoms. The van der Waals surface area contributed by atoms with Crippen LogP contribution in [0.4, 0.5) is 14.9 Å². The van der Waals surface area contributed by atoms with E-state index >= 15 is 0 Å². The van der Waals surface area contributed by atoms with Crippen molar-refractivity contribution in [2.45, 2.75) is 42.6 Å². The molecular formula is C21H27FN2O2S2. The number of halogens is 1. The first-order valence-electron chi connectivity index (χ1n) is 9.15. The Balaban J connectivity index is 1.71. The molecule has 0 aliphatic heterocycles. The van der Waals surface area contributed by atoms with Gasteiger partial charge < -0.3 is 10.6 Å². The van der Waals surface area contributed by atoms with Crippen molar-refractivity contribution in [2.24, 2.45) is 0 Å². The number of anilines is 1. The molecule has 0 aliphatic carbocycles. The lowest BCUT2D eigenvalue weighted by Gasteiger charge is -2.18. The molecule has 2 aromatic carbocycles. The van der Waals surface area contributed by atoms with Gasteiger partial charge in [0, 0.05) is 38.4 Å². The highest BCUT2D eigenvalue weighted by Crippen LogP contribution is 2.19. The van der Waals surface area contributed by atoms with Crippen LogP contribution in [0.5, 0.6) is 0 Å². The summed E-state index contributed by atoms with van der Waals surface area (Å²) >= 11 is 1.63. The molecule has 0 spiro atoms. The molecule has 0 saturated heterocycles. The molecule has 0 bridgehead atoms. The van der Waals surface area contributed by atoms with Gasteiger partial charge in [0.05, 0.1) is 0 Å². The van der Waals surface area contributed by atoms with Gasteiger partial charge in [-0.25, -0.2) is 9.18 Å². The summed E-state index contributed by atoms with van der Waals surface area (Å²) in [6, 6.07) is 13.6. The molecule has 2 aromatic rings. The van der Waals surface area contributed by atoms with E-state index < -0.39 is 10.8 Å². The van der Waals surface area contributed by atoms with Crippen molar-refractivity contribution < 1.29 is 13.4 Å². The SMILES string of the molecule is CC(C)(C)S(=O)Cc1cccc(NC(=O)NCCCSc2ccc(F)cc2)c1. The highest BCUT2D eigenvalue weighted by Gasteiger charge is 2.19. The van der Waals surface area contributed by atoms with Gasteiger partial charge in [-0.3, -0.25) is 4.21 Å². The van der Waals surface area contributed by atoms with E-state index in [2.05, 4.69) is 10.6 Å². The van der Waals surface area contributed by atoms with Gasteiger partial charge in [-0.1, -0.05) is 12.1 Å². The van der Waals surface area contributed by atoms with Crippen LogP contribution in [0.2, 0.25) is 0 Å². The van der Waals surface area contributed by atoms with Crippen molar-refractivity contribution in [3.8, 4) is 0 Å². The molecule has 1 atom stereocenters. The molecule has 0 aliphatic rings. The highest BCUT2D eigenvalue weighted by atomic mass is 32.2. The van der Waals surface area contributed by atoms with Crippen LogP contribution in [-0.4, -0.2) is 27.3 Å². The Bertz CT molecular complexity index is 805. The van der Waals surface area contributed by atoms with Crippen LogP contribution in [0.15, 0.2) is 53.4 Å². The van der Waals surface area contributed by atoms with Crippen LogP contribution in [0.3, 0.4) is 0 Å². The van der Waals surface area contributed by atoms with Gasteiger partial charge in [-0.15, -0.1) is 11.8 Å². The van der Waals surface area contributed by atoms with E-state index in [1.807, 2.05) is 45.0 Å². The molecule has 0 radical (unpaired) electrons. The Morgan fingerprint density at radius 2 is 1.86 bits per heavy atom. The minimum absolute atomic E-state index is 0.239. The summed E-state index contributed by atoms with van der Waals surface area (Å²) < 4.78 is 24.9. The van der Waals surface area contributed by atoms with E-state index in [0.717, 1.165) is 22.6 Å². The Morgan fingerprint density at radius 1 is 1.14 bits per heavy atom. The predicted molar refractivity (Wildman–Crippen MR) is 117 cm³/mol. The Morgan fingerprint density at radius 3 is 2.54 bits per heavy atom. The van der Waals surface area contributed by atoms with Crippen molar-refractivity contribution in [2.75, 3.05) is 17.6 Å². The van der Waals surface area contributed by atoms with Gasteiger partial charge in [-0.2, -0.15) is 0 Å². The van der Waals surface area contributed by atoms with E-state index in [1.54, 1.807) is 23.9 Å². The first-order valence-corrected chi connectivity index (χ1v) is 11.4. The highest BCUT2D eigenvalue weighted by molar-refractivity contribution is 7.99. The molecule has 0 heterocycles. The smallest absolute Gasteiger partial charge is 0.319 e. The summed E-state index contributed by atoms with van der Waals surface area (Å²) in [6.45, 7) is 6.40. The number of carbonyl (C=O) groups excluding carboxylic acids is 1. The van der Waals surface area contributed by atoms with E-state index in [4.69, 9.17) is 0 Å². The summed E-state index contributed by atoms with van der Waals surface area (Å²) in [5, 5.41) is 5.64. The fourth-order valence-electron chi connectivity index (χ4n) is 2.28. The molecule has 152 valence electrons. The molecule has 0 aromatic heterocycles. The number of nitrogens with one attached hydrogen (secondary N) is 2. The lowest BCUT2D eigenvalue weighted by molar-refractivity contribution is 0.252. The molecule has 0 fully saturated rings. The zero-order valence-corrected chi connectivity index (χ0v) is 18.1. The lowest BCUT2D eigenvalue weighted by atomic mass is 10.2. The van der Waals surface area contributed by atoms with E-state index in [-0.39, 0.29) is 16.6 Å². The number of rotatable bonds is 8. The van der Waals surface area contributed by atoms with Gasteiger partial charge in [0.15, 0.2) is 0 Å². The lowest BCUT2D eigenvalue weighted by Crippen LogP contribution is -2.29. The van der Waals surface area contributed by atoms with Crippen molar-refractivity contribution in [1.29, 1.82) is 0 Å². The Labute approximate surface area is 173 Å². The summed E-state index contributed by atoms with van der Waals surface area (Å²) in [5.41, 5.74) is 1.61. The van der Waals surface area contributed by atoms with Crippen LogP contribution < -0.4 is 10.6 Å². The van der Waals surface area contributed by atoms with Gasteiger partial charge in [0.1, 0.15) is 5.82 Å². The third-order valence-electron chi connectivity index (χ3n) is 3.85. The number of thioether (sulfide) groups is 1. The molecule has 0 saturated carbocycles. The summed E-state index contributed by atoms with van der Waals surface area (Å²) in [6.07, 6.45) is 0.806. The molecule has 4 nitrogen and oxygen atoms in total. The van der Waals surface area contributed by atoms with Crippen LogP contribution in [0.1, 0.15) is 32.8 Å².